The molecule has 0 spiro atoms. The average Bonchev–Trinajstić information content (AvgIpc) is 2.65. The van der Waals surface area contributed by atoms with Crippen LogP contribution in [0.25, 0.3) is 11.3 Å². The van der Waals surface area contributed by atoms with E-state index in [0.717, 1.165) is 17.0 Å². The zero-order valence-corrected chi connectivity index (χ0v) is 9.25. The fourth-order valence-corrected chi connectivity index (χ4v) is 1.68. The lowest BCUT2D eigenvalue weighted by Crippen LogP contribution is -1.98. The Balaban J connectivity index is 2.56. The first kappa shape index (κ1) is 10.7. The van der Waals surface area contributed by atoms with Gasteiger partial charge in [0.05, 0.1) is 22.6 Å². The molecular formula is C11H9ClN2O2. The van der Waals surface area contributed by atoms with Crippen LogP contribution >= 0.6 is 11.6 Å². The van der Waals surface area contributed by atoms with Gasteiger partial charge in [-0.1, -0.05) is 17.7 Å². The molecule has 0 amide bonds. The Morgan fingerprint density at radius 2 is 2.25 bits per heavy atom. The lowest BCUT2D eigenvalue weighted by atomic mass is 10.1. The maximum absolute atomic E-state index is 10.9. The summed E-state index contributed by atoms with van der Waals surface area (Å²) in [6, 6.07) is 4.83. The zero-order valence-electron chi connectivity index (χ0n) is 8.49. The van der Waals surface area contributed by atoms with Crippen molar-refractivity contribution >= 4 is 17.6 Å². The van der Waals surface area contributed by atoms with Crippen molar-refractivity contribution in [2.45, 2.75) is 6.92 Å². The molecule has 2 rings (SSSR count). The summed E-state index contributed by atoms with van der Waals surface area (Å²) in [4.78, 5) is 18.0. The molecule has 5 heteroatoms. The van der Waals surface area contributed by atoms with Crippen molar-refractivity contribution in [2.75, 3.05) is 0 Å². The van der Waals surface area contributed by atoms with E-state index < -0.39 is 5.97 Å². The van der Waals surface area contributed by atoms with Crippen molar-refractivity contribution in [3.8, 4) is 11.3 Å². The summed E-state index contributed by atoms with van der Waals surface area (Å²) in [7, 11) is 0. The summed E-state index contributed by atoms with van der Waals surface area (Å²) in [5.74, 6) is -1.04. The van der Waals surface area contributed by atoms with Crippen molar-refractivity contribution in [1.29, 1.82) is 0 Å². The van der Waals surface area contributed by atoms with E-state index in [-0.39, 0.29) is 10.6 Å². The predicted molar refractivity (Wildman–Crippen MR) is 60.7 cm³/mol. The first-order chi connectivity index (χ1) is 7.59. The number of hydrogen-bond donors (Lipinski definition) is 2. The molecule has 0 radical (unpaired) electrons. The monoisotopic (exact) mass is 236 g/mol. The average molecular weight is 237 g/mol. The highest BCUT2D eigenvalue weighted by Gasteiger charge is 2.12. The number of aryl methyl sites for hydroxylation is 1. The Labute approximate surface area is 96.9 Å². The second-order valence-electron chi connectivity index (χ2n) is 3.38. The minimum Gasteiger partial charge on any atom is -0.478 e. The summed E-state index contributed by atoms with van der Waals surface area (Å²) in [6.45, 7) is 1.87. The maximum atomic E-state index is 10.9. The molecule has 0 unspecified atom stereocenters. The van der Waals surface area contributed by atoms with Crippen molar-refractivity contribution < 1.29 is 9.90 Å². The number of nitrogens with zero attached hydrogens (tertiary/aromatic N) is 1. The third-order valence-electron chi connectivity index (χ3n) is 2.30. The van der Waals surface area contributed by atoms with Gasteiger partial charge in [0, 0.05) is 11.3 Å². The number of carboxylic acid groups (broad SMARTS) is 1. The zero-order chi connectivity index (χ0) is 11.7. The molecule has 2 N–H and O–H groups in total. The Morgan fingerprint density at radius 1 is 1.50 bits per heavy atom. The van der Waals surface area contributed by atoms with Gasteiger partial charge in [0.1, 0.15) is 0 Å². The molecular weight excluding hydrogens is 228 g/mol. The van der Waals surface area contributed by atoms with E-state index in [4.69, 9.17) is 16.7 Å². The predicted octanol–water partition coefficient (Wildman–Crippen LogP) is 2.74. The molecule has 2 aromatic rings. The maximum Gasteiger partial charge on any atom is 0.337 e. The number of nitrogens with one attached hydrogen (secondary N) is 1. The van der Waals surface area contributed by atoms with Gasteiger partial charge >= 0.3 is 5.97 Å². The van der Waals surface area contributed by atoms with E-state index in [1.807, 2.05) is 6.92 Å². The highest BCUT2D eigenvalue weighted by atomic mass is 35.5. The number of hydrogen-bond acceptors (Lipinski definition) is 2. The smallest absolute Gasteiger partial charge is 0.337 e. The standard InChI is InChI=1S/C11H9ClN2O2/c1-6-10(14-5-13-6)7-2-3-9(12)8(4-7)11(15)16/h2-5H,1H3,(H,13,14)(H,15,16). The number of carbonyl (C=O) groups is 1. The van der Waals surface area contributed by atoms with Gasteiger partial charge in [0.15, 0.2) is 0 Å². The largest absolute Gasteiger partial charge is 0.478 e. The van der Waals surface area contributed by atoms with Crippen molar-refractivity contribution in [2.24, 2.45) is 0 Å². The number of benzene rings is 1. The molecule has 1 heterocycles. The van der Waals surface area contributed by atoms with E-state index in [1.165, 1.54) is 6.07 Å². The number of imidazole rings is 1. The van der Waals surface area contributed by atoms with Gasteiger partial charge in [-0.2, -0.15) is 0 Å². The highest BCUT2D eigenvalue weighted by Crippen LogP contribution is 2.25. The van der Waals surface area contributed by atoms with Crippen LogP contribution in [0.5, 0.6) is 0 Å². The number of halogens is 1. The van der Waals surface area contributed by atoms with Gasteiger partial charge in [-0.25, -0.2) is 9.78 Å². The van der Waals surface area contributed by atoms with Crippen LogP contribution in [-0.2, 0) is 0 Å². The second kappa shape index (κ2) is 3.98. The Bertz CT molecular complexity index is 549. The third kappa shape index (κ3) is 1.79. The molecule has 0 fully saturated rings. The SMILES string of the molecule is Cc1[nH]cnc1-c1ccc(Cl)c(C(=O)O)c1. The van der Waals surface area contributed by atoms with Crippen molar-refractivity contribution in [3.63, 3.8) is 0 Å². The van der Waals surface area contributed by atoms with Gasteiger partial charge in [0.2, 0.25) is 0 Å². The molecule has 0 aliphatic heterocycles. The summed E-state index contributed by atoms with van der Waals surface area (Å²) in [5.41, 5.74) is 2.44. The topological polar surface area (TPSA) is 66.0 Å². The molecule has 0 saturated heterocycles. The molecule has 0 bridgehead atoms. The summed E-state index contributed by atoms with van der Waals surface area (Å²) >= 11 is 5.78. The van der Waals surface area contributed by atoms with Crippen LogP contribution in [0.2, 0.25) is 5.02 Å². The lowest BCUT2D eigenvalue weighted by molar-refractivity contribution is 0.0697. The fourth-order valence-electron chi connectivity index (χ4n) is 1.49. The Kier molecular flexibility index (Phi) is 2.66. The fraction of sp³-hybridized carbons (Fsp3) is 0.0909. The van der Waals surface area contributed by atoms with Gasteiger partial charge in [-0.05, 0) is 19.1 Å². The quantitative estimate of drug-likeness (QED) is 0.843. The highest BCUT2D eigenvalue weighted by molar-refractivity contribution is 6.33. The van der Waals surface area contributed by atoms with Crippen LogP contribution in [0.4, 0.5) is 0 Å². The molecule has 4 nitrogen and oxygen atoms in total. The molecule has 82 valence electrons. The Morgan fingerprint density at radius 3 is 2.81 bits per heavy atom. The van der Waals surface area contributed by atoms with E-state index in [1.54, 1.807) is 18.5 Å². The lowest BCUT2D eigenvalue weighted by Gasteiger charge is -2.03. The number of rotatable bonds is 2. The van der Waals surface area contributed by atoms with Crippen molar-refractivity contribution in [1.82, 2.24) is 9.97 Å². The van der Waals surface area contributed by atoms with Crippen LogP contribution in [0.15, 0.2) is 24.5 Å². The summed E-state index contributed by atoms with van der Waals surface area (Å²) in [6.07, 6.45) is 1.57. The first-order valence-electron chi connectivity index (χ1n) is 4.63. The van der Waals surface area contributed by atoms with Gasteiger partial charge in [-0.3, -0.25) is 0 Å². The number of carboxylic acids is 1. The number of aromatic nitrogens is 2. The van der Waals surface area contributed by atoms with E-state index in [2.05, 4.69) is 9.97 Å². The molecule has 0 aliphatic carbocycles. The van der Waals surface area contributed by atoms with Crippen molar-refractivity contribution in [3.05, 3.63) is 40.8 Å². The first-order valence-corrected chi connectivity index (χ1v) is 5.00. The normalized spacial score (nSPS) is 10.4. The molecule has 0 aliphatic rings. The van der Waals surface area contributed by atoms with E-state index in [0.29, 0.717) is 0 Å². The minimum atomic E-state index is -1.04. The molecule has 16 heavy (non-hydrogen) atoms. The molecule has 1 aromatic heterocycles. The molecule has 0 atom stereocenters. The van der Waals surface area contributed by atoms with E-state index in [9.17, 15) is 4.79 Å². The summed E-state index contributed by atoms with van der Waals surface area (Å²) in [5, 5.41) is 9.17. The van der Waals surface area contributed by atoms with Crippen LogP contribution in [-0.4, -0.2) is 21.0 Å². The van der Waals surface area contributed by atoms with E-state index >= 15 is 0 Å². The number of aromatic amines is 1. The number of aromatic carboxylic acids is 1. The van der Waals surface area contributed by atoms with Gasteiger partial charge < -0.3 is 10.1 Å². The van der Waals surface area contributed by atoms with Gasteiger partial charge in [-0.15, -0.1) is 0 Å². The van der Waals surface area contributed by atoms with Crippen LogP contribution in [0.1, 0.15) is 16.1 Å². The van der Waals surface area contributed by atoms with Crippen LogP contribution in [0.3, 0.4) is 0 Å². The van der Waals surface area contributed by atoms with Gasteiger partial charge in [0.25, 0.3) is 0 Å². The summed E-state index contributed by atoms with van der Waals surface area (Å²) < 4.78 is 0. The van der Waals surface area contributed by atoms with Crippen LogP contribution in [0, 0.1) is 6.92 Å². The minimum absolute atomic E-state index is 0.0848. The third-order valence-corrected chi connectivity index (χ3v) is 2.63. The Hall–Kier alpha value is -1.81. The second-order valence-corrected chi connectivity index (χ2v) is 3.78. The molecule has 0 saturated carbocycles. The van der Waals surface area contributed by atoms with Crippen LogP contribution < -0.4 is 0 Å². The number of H-pyrrole nitrogens is 1. The molecule has 1 aromatic carbocycles.